The van der Waals surface area contributed by atoms with Crippen LogP contribution >= 0.6 is 0 Å². The van der Waals surface area contributed by atoms with Crippen LogP contribution in [0.1, 0.15) is 11.1 Å². The van der Waals surface area contributed by atoms with Crippen molar-refractivity contribution in [3.63, 3.8) is 0 Å². The van der Waals surface area contributed by atoms with Gasteiger partial charge in [0, 0.05) is 40.1 Å². The van der Waals surface area contributed by atoms with Crippen LogP contribution in [-0.4, -0.2) is 27.4 Å². The van der Waals surface area contributed by atoms with Crippen molar-refractivity contribution >= 4 is 24.1 Å². The number of hydrogen-bond donors (Lipinski definition) is 3. The van der Waals surface area contributed by atoms with Gasteiger partial charge in [-0.25, -0.2) is 9.59 Å². The molecule has 0 saturated heterocycles. The first-order valence-corrected chi connectivity index (χ1v) is 6.58. The highest BCUT2D eigenvalue weighted by Crippen LogP contribution is 1.97. The monoisotopic (exact) mass is 331 g/mol. The summed E-state index contributed by atoms with van der Waals surface area (Å²) in [5.41, 5.74) is 1.19. The Hall–Kier alpha value is -3.68. The van der Waals surface area contributed by atoms with Gasteiger partial charge in [0.2, 0.25) is 12.4 Å². The Morgan fingerprint density at radius 2 is 1.42 bits per heavy atom. The maximum absolute atomic E-state index is 10.7. The molecule has 2 rings (SSSR count). The standard InChI is InChI=1S/2C8H7NO3/c2*10-8(11)4-3-7-2-1-5-9(12)6-7/h1-6H,(H-,10,11,12);1-6H,(H,10,11)/p+1/b2*4-3+. The molecule has 0 bridgehead atoms. The van der Waals surface area contributed by atoms with Gasteiger partial charge in [-0.05, 0) is 24.3 Å². The van der Waals surface area contributed by atoms with Crippen LogP contribution in [0.15, 0.2) is 61.2 Å². The predicted octanol–water partition coefficient (Wildman–Crippen LogP) is 0.727. The molecule has 0 aliphatic carbocycles. The van der Waals surface area contributed by atoms with E-state index in [2.05, 4.69) is 0 Å². The molecular formula is C16H15N2O6+. The molecule has 8 nitrogen and oxygen atoms in total. The van der Waals surface area contributed by atoms with Crippen molar-refractivity contribution in [1.82, 2.24) is 0 Å². The van der Waals surface area contributed by atoms with Gasteiger partial charge >= 0.3 is 11.9 Å². The molecule has 3 N–H and O–H groups in total. The average molecular weight is 331 g/mol. The summed E-state index contributed by atoms with van der Waals surface area (Å²) in [6.45, 7) is 0. The molecule has 124 valence electrons. The van der Waals surface area contributed by atoms with Crippen LogP contribution in [-0.2, 0) is 9.59 Å². The largest absolute Gasteiger partial charge is 0.619 e. The van der Waals surface area contributed by atoms with E-state index < -0.39 is 11.9 Å². The van der Waals surface area contributed by atoms with Crippen LogP contribution in [0.25, 0.3) is 12.2 Å². The summed E-state index contributed by atoms with van der Waals surface area (Å²) in [5.74, 6) is -2.04. The maximum Gasteiger partial charge on any atom is 0.328 e. The molecule has 2 aromatic heterocycles. The van der Waals surface area contributed by atoms with Crippen LogP contribution in [0.3, 0.4) is 0 Å². The van der Waals surface area contributed by atoms with Crippen molar-refractivity contribution in [2.24, 2.45) is 0 Å². The first-order valence-electron chi connectivity index (χ1n) is 6.58. The SMILES string of the molecule is O=C(O)/C=C/c1ccc[n+](O)c1.O=C(O)/C=C/c1ccc[n+]([O-])c1. The van der Waals surface area contributed by atoms with E-state index in [1.54, 1.807) is 24.3 Å². The molecule has 0 fully saturated rings. The molecule has 0 aromatic carbocycles. The van der Waals surface area contributed by atoms with Gasteiger partial charge in [-0.2, -0.15) is 4.73 Å². The third-order valence-corrected chi connectivity index (χ3v) is 2.44. The molecule has 8 heteroatoms. The molecular weight excluding hydrogens is 316 g/mol. The van der Waals surface area contributed by atoms with Crippen molar-refractivity contribution in [3.8, 4) is 0 Å². The summed E-state index contributed by atoms with van der Waals surface area (Å²) in [6.07, 6.45) is 10.2. The third-order valence-electron chi connectivity index (χ3n) is 2.44. The minimum Gasteiger partial charge on any atom is -0.619 e. The van der Waals surface area contributed by atoms with Gasteiger partial charge in [0.05, 0.1) is 0 Å². The van der Waals surface area contributed by atoms with Gasteiger partial charge in [-0.15, -0.1) is 0 Å². The summed E-state index contributed by atoms with van der Waals surface area (Å²) < 4.78 is 1.48. The van der Waals surface area contributed by atoms with Crippen LogP contribution < -0.4 is 9.46 Å². The van der Waals surface area contributed by atoms with E-state index in [1.165, 1.54) is 36.9 Å². The van der Waals surface area contributed by atoms with Crippen molar-refractivity contribution in [1.29, 1.82) is 0 Å². The summed E-state index contributed by atoms with van der Waals surface area (Å²) in [6, 6.07) is 6.50. The molecule has 0 aliphatic heterocycles. The summed E-state index contributed by atoms with van der Waals surface area (Å²) in [4.78, 5) is 20.2. The average Bonchev–Trinajstić information content (AvgIpc) is 2.52. The number of pyridine rings is 2. The molecule has 0 radical (unpaired) electrons. The summed E-state index contributed by atoms with van der Waals surface area (Å²) in [7, 11) is 0. The second-order valence-corrected chi connectivity index (χ2v) is 4.36. The van der Waals surface area contributed by atoms with Crippen LogP contribution in [0.5, 0.6) is 0 Å². The number of aromatic nitrogens is 2. The third kappa shape index (κ3) is 7.93. The number of aliphatic carboxylic acids is 2. The van der Waals surface area contributed by atoms with Crippen molar-refractivity contribution in [3.05, 3.63) is 77.5 Å². The lowest BCUT2D eigenvalue weighted by atomic mass is 10.2. The molecule has 0 saturated carbocycles. The lowest BCUT2D eigenvalue weighted by Crippen LogP contribution is -2.28. The van der Waals surface area contributed by atoms with Gasteiger partial charge < -0.3 is 15.4 Å². The Bertz CT molecular complexity index is 705. The fourth-order valence-corrected chi connectivity index (χ4v) is 1.49. The Balaban J connectivity index is 0.000000240. The lowest BCUT2D eigenvalue weighted by molar-refractivity contribution is -0.904. The highest BCUT2D eigenvalue weighted by atomic mass is 16.5. The second-order valence-electron chi connectivity index (χ2n) is 4.36. The van der Waals surface area contributed by atoms with Crippen molar-refractivity contribution in [2.45, 2.75) is 0 Å². The fourth-order valence-electron chi connectivity index (χ4n) is 1.49. The zero-order valence-corrected chi connectivity index (χ0v) is 12.4. The van der Waals surface area contributed by atoms with E-state index in [0.717, 1.165) is 16.9 Å². The second kappa shape index (κ2) is 9.36. The lowest BCUT2D eigenvalue weighted by Gasteiger charge is -1.94. The van der Waals surface area contributed by atoms with E-state index in [1.807, 2.05) is 0 Å². The maximum atomic E-state index is 10.7. The number of carboxylic acids is 2. The van der Waals surface area contributed by atoms with E-state index in [4.69, 9.17) is 15.4 Å². The predicted molar refractivity (Wildman–Crippen MR) is 82.6 cm³/mol. The minimum absolute atomic E-state index is 0.565. The molecule has 2 heterocycles. The quantitative estimate of drug-likeness (QED) is 0.328. The highest BCUT2D eigenvalue weighted by molar-refractivity contribution is 5.85. The number of hydrogen-bond acceptors (Lipinski definition) is 4. The molecule has 24 heavy (non-hydrogen) atoms. The fraction of sp³-hybridized carbons (Fsp3) is 0. The molecule has 0 aliphatic rings. The Morgan fingerprint density at radius 3 is 1.88 bits per heavy atom. The van der Waals surface area contributed by atoms with E-state index >= 15 is 0 Å². The van der Waals surface area contributed by atoms with Gasteiger partial charge in [0.1, 0.15) is 0 Å². The van der Waals surface area contributed by atoms with Crippen molar-refractivity contribution in [2.75, 3.05) is 0 Å². The molecule has 2 aromatic rings. The molecule has 0 unspecified atom stereocenters. The highest BCUT2D eigenvalue weighted by Gasteiger charge is 1.96. The first kappa shape index (κ1) is 18.4. The molecule has 0 atom stereocenters. The topological polar surface area (TPSA) is 126 Å². The van der Waals surface area contributed by atoms with Gasteiger partial charge in [0.15, 0.2) is 12.4 Å². The van der Waals surface area contributed by atoms with Crippen LogP contribution in [0.4, 0.5) is 0 Å². The normalized spacial score (nSPS) is 10.3. The Kier molecular flexibility index (Phi) is 7.16. The Labute approximate surface area is 137 Å². The number of nitrogens with zero attached hydrogens (tertiary/aromatic N) is 2. The van der Waals surface area contributed by atoms with Gasteiger partial charge in [-0.1, -0.05) is 0 Å². The number of carboxylic acid groups (broad SMARTS) is 2. The van der Waals surface area contributed by atoms with Crippen molar-refractivity contribution < 1.29 is 34.5 Å². The molecule has 0 amide bonds. The minimum atomic E-state index is -1.03. The first-order chi connectivity index (χ1) is 11.4. The zero-order valence-electron chi connectivity index (χ0n) is 12.4. The Morgan fingerprint density at radius 1 is 0.917 bits per heavy atom. The number of rotatable bonds is 4. The van der Waals surface area contributed by atoms with E-state index in [0.29, 0.717) is 15.9 Å². The smallest absolute Gasteiger partial charge is 0.328 e. The summed E-state index contributed by atoms with van der Waals surface area (Å²) >= 11 is 0. The van der Waals surface area contributed by atoms with E-state index in [9.17, 15) is 14.8 Å². The summed E-state index contributed by atoms with van der Waals surface area (Å²) in [5, 5.41) is 36.1. The number of carbonyl (C=O) groups is 2. The van der Waals surface area contributed by atoms with Gasteiger partial charge in [0.25, 0.3) is 0 Å². The van der Waals surface area contributed by atoms with Crippen LogP contribution in [0.2, 0.25) is 0 Å². The van der Waals surface area contributed by atoms with E-state index in [-0.39, 0.29) is 0 Å². The van der Waals surface area contributed by atoms with Gasteiger partial charge in [-0.3, -0.25) is 5.21 Å². The molecule has 0 spiro atoms. The zero-order chi connectivity index (χ0) is 17.9. The van der Waals surface area contributed by atoms with Crippen LogP contribution in [0, 0.1) is 5.21 Å².